The summed E-state index contributed by atoms with van der Waals surface area (Å²) in [5.74, 6) is 0.351. The van der Waals surface area contributed by atoms with E-state index in [4.69, 9.17) is 0 Å². The summed E-state index contributed by atoms with van der Waals surface area (Å²) >= 11 is 0. The maximum Gasteiger partial charge on any atom is 0.223 e. The van der Waals surface area contributed by atoms with Gasteiger partial charge in [0.2, 0.25) is 5.91 Å². The second-order valence-electron chi connectivity index (χ2n) is 8.27. The van der Waals surface area contributed by atoms with Gasteiger partial charge in [0.05, 0.1) is 12.2 Å². The van der Waals surface area contributed by atoms with E-state index < -0.39 is 0 Å². The zero-order valence-electron chi connectivity index (χ0n) is 17.9. The van der Waals surface area contributed by atoms with Gasteiger partial charge in [-0.25, -0.2) is 0 Å². The van der Waals surface area contributed by atoms with Crippen molar-refractivity contribution in [1.82, 2.24) is 15.3 Å². The van der Waals surface area contributed by atoms with Crippen molar-refractivity contribution in [1.29, 1.82) is 0 Å². The number of amides is 1. The molecule has 5 rings (SSSR count). The minimum absolute atomic E-state index is 0.137. The minimum atomic E-state index is 0.137. The van der Waals surface area contributed by atoms with E-state index in [1.54, 1.807) is 6.20 Å². The van der Waals surface area contributed by atoms with E-state index in [1.807, 2.05) is 12.1 Å². The van der Waals surface area contributed by atoms with Crippen LogP contribution in [0, 0.1) is 5.92 Å². The lowest BCUT2D eigenvalue weighted by molar-refractivity contribution is -0.122. The van der Waals surface area contributed by atoms with Crippen LogP contribution in [0.25, 0.3) is 10.9 Å². The van der Waals surface area contributed by atoms with E-state index in [2.05, 4.69) is 80.6 Å². The normalized spacial score (nSPS) is 13.1. The van der Waals surface area contributed by atoms with Gasteiger partial charge in [-0.2, -0.15) is 0 Å². The first-order valence-electron chi connectivity index (χ1n) is 11.1. The van der Waals surface area contributed by atoms with Crippen molar-refractivity contribution in [3.63, 3.8) is 0 Å². The molecular weight excluding hydrogens is 398 g/mol. The number of hydrogen-bond donors (Lipinski definition) is 4. The third-order valence-corrected chi connectivity index (χ3v) is 5.78. The van der Waals surface area contributed by atoms with Gasteiger partial charge in [-0.1, -0.05) is 18.2 Å². The molecule has 0 atom stereocenters. The van der Waals surface area contributed by atoms with Gasteiger partial charge in [0.1, 0.15) is 0 Å². The third kappa shape index (κ3) is 4.91. The first-order valence-corrected chi connectivity index (χ1v) is 11.1. The molecule has 32 heavy (non-hydrogen) atoms. The molecule has 162 valence electrons. The van der Waals surface area contributed by atoms with E-state index in [0.717, 1.165) is 48.6 Å². The van der Waals surface area contributed by atoms with E-state index >= 15 is 0 Å². The van der Waals surface area contributed by atoms with Gasteiger partial charge in [-0.15, -0.1) is 0 Å². The van der Waals surface area contributed by atoms with Crippen molar-refractivity contribution < 1.29 is 4.79 Å². The number of rotatable bonds is 9. The summed E-state index contributed by atoms with van der Waals surface area (Å²) in [7, 11) is 0. The number of nitrogens with zero attached hydrogens (tertiary/aromatic N) is 1. The van der Waals surface area contributed by atoms with Crippen LogP contribution in [0.2, 0.25) is 0 Å². The molecule has 0 aliphatic heterocycles. The molecule has 2 aromatic carbocycles. The number of aromatic nitrogens is 2. The molecule has 0 spiro atoms. The molecule has 1 amide bonds. The van der Waals surface area contributed by atoms with Crippen molar-refractivity contribution in [2.45, 2.75) is 25.8 Å². The van der Waals surface area contributed by atoms with Gasteiger partial charge in [0.15, 0.2) is 0 Å². The molecule has 1 aliphatic carbocycles. The highest BCUT2D eigenvalue weighted by Gasteiger charge is 2.29. The summed E-state index contributed by atoms with van der Waals surface area (Å²) in [6, 6.07) is 20.6. The van der Waals surface area contributed by atoms with E-state index in [9.17, 15) is 4.79 Å². The molecule has 4 N–H and O–H groups in total. The average Bonchev–Trinajstić information content (AvgIpc) is 3.60. The van der Waals surface area contributed by atoms with E-state index in [-0.39, 0.29) is 11.8 Å². The molecule has 0 radical (unpaired) electrons. The highest BCUT2D eigenvalue weighted by atomic mass is 16.2. The van der Waals surface area contributed by atoms with Crippen molar-refractivity contribution in [2.24, 2.45) is 5.92 Å². The Kier molecular flexibility index (Phi) is 5.75. The number of carbonyl (C=O) groups excluding carboxylic acids is 1. The number of hydrogen-bond acceptors (Lipinski definition) is 4. The van der Waals surface area contributed by atoms with Crippen LogP contribution in [0.5, 0.6) is 0 Å². The third-order valence-electron chi connectivity index (χ3n) is 5.78. The van der Waals surface area contributed by atoms with Gasteiger partial charge in [-0.05, 0) is 67.3 Å². The molecule has 2 heterocycles. The Bertz CT molecular complexity index is 1210. The van der Waals surface area contributed by atoms with Gasteiger partial charge in [0.25, 0.3) is 0 Å². The van der Waals surface area contributed by atoms with Gasteiger partial charge in [0, 0.05) is 52.8 Å². The molecular formula is C26H27N5O. The number of benzene rings is 2. The number of anilines is 3. The zero-order chi connectivity index (χ0) is 21.8. The quantitative estimate of drug-likeness (QED) is 0.305. The Labute approximate surface area is 187 Å². The number of pyridine rings is 1. The van der Waals surface area contributed by atoms with Crippen LogP contribution in [0.3, 0.4) is 0 Å². The van der Waals surface area contributed by atoms with E-state index in [0.29, 0.717) is 6.54 Å². The van der Waals surface area contributed by atoms with Crippen LogP contribution in [0.4, 0.5) is 17.1 Å². The number of carbonyl (C=O) groups is 1. The first-order chi connectivity index (χ1) is 15.7. The molecule has 0 unspecified atom stereocenters. The summed E-state index contributed by atoms with van der Waals surface area (Å²) in [6.45, 7) is 1.33. The fourth-order valence-corrected chi connectivity index (χ4v) is 3.84. The zero-order valence-corrected chi connectivity index (χ0v) is 17.9. The average molecular weight is 426 g/mol. The van der Waals surface area contributed by atoms with Crippen molar-refractivity contribution in [3.8, 4) is 0 Å². The van der Waals surface area contributed by atoms with Crippen molar-refractivity contribution in [2.75, 3.05) is 17.2 Å². The lowest BCUT2D eigenvalue weighted by Gasteiger charge is -2.10. The lowest BCUT2D eigenvalue weighted by atomic mass is 10.1. The molecule has 0 bridgehead atoms. The SMILES string of the molecule is O=C(NCc1cc(Nc2ccc(NCCc3c[nH]c4ccccc34)cc2)ccn1)C1CC1. The second-order valence-corrected chi connectivity index (χ2v) is 8.27. The summed E-state index contributed by atoms with van der Waals surface area (Å²) < 4.78 is 0. The van der Waals surface area contributed by atoms with E-state index in [1.165, 1.54) is 16.5 Å². The number of para-hydroxylation sites is 1. The van der Waals surface area contributed by atoms with Crippen LogP contribution in [-0.2, 0) is 17.8 Å². The molecule has 6 nitrogen and oxygen atoms in total. The summed E-state index contributed by atoms with van der Waals surface area (Å²) in [5, 5.41) is 11.2. The first kappa shape index (κ1) is 20.1. The summed E-state index contributed by atoms with van der Waals surface area (Å²) in [6.07, 6.45) is 6.84. The molecule has 4 aromatic rings. The van der Waals surface area contributed by atoms with Gasteiger partial charge < -0.3 is 20.9 Å². The van der Waals surface area contributed by atoms with Crippen LogP contribution in [0.1, 0.15) is 24.1 Å². The largest absolute Gasteiger partial charge is 0.385 e. The summed E-state index contributed by atoms with van der Waals surface area (Å²) in [5.41, 5.74) is 6.41. The Morgan fingerprint density at radius 2 is 1.81 bits per heavy atom. The predicted octanol–water partition coefficient (Wildman–Crippen LogP) is 4.99. The molecule has 6 heteroatoms. The smallest absolute Gasteiger partial charge is 0.223 e. The van der Waals surface area contributed by atoms with Crippen molar-refractivity contribution in [3.05, 3.63) is 84.3 Å². The molecule has 2 aromatic heterocycles. The van der Waals surface area contributed by atoms with Gasteiger partial charge in [-0.3, -0.25) is 9.78 Å². The monoisotopic (exact) mass is 425 g/mol. The second kappa shape index (κ2) is 9.14. The molecule has 0 saturated heterocycles. The standard InChI is InChI=1S/C26H27N5O/c32-26(18-5-6-18)30-17-23-15-22(12-14-28-23)31-21-9-7-20(8-10-21)27-13-11-19-16-29-25-4-2-1-3-24(19)25/h1-4,7-10,12,14-16,18,27,29H,5-6,11,13,17H2,(H,28,31)(H,30,32). The Hall–Kier alpha value is -3.80. The fraction of sp³-hybridized carbons (Fsp3) is 0.231. The van der Waals surface area contributed by atoms with Crippen LogP contribution < -0.4 is 16.0 Å². The predicted molar refractivity (Wildman–Crippen MR) is 129 cm³/mol. The highest BCUT2D eigenvalue weighted by Crippen LogP contribution is 2.28. The Balaban J connectivity index is 1.13. The van der Waals surface area contributed by atoms with Gasteiger partial charge >= 0.3 is 0 Å². The number of H-pyrrole nitrogens is 1. The summed E-state index contributed by atoms with van der Waals surface area (Å²) in [4.78, 5) is 19.5. The Morgan fingerprint density at radius 3 is 2.66 bits per heavy atom. The molecule has 1 aliphatic rings. The minimum Gasteiger partial charge on any atom is -0.385 e. The fourth-order valence-electron chi connectivity index (χ4n) is 3.84. The van der Waals surface area contributed by atoms with Crippen LogP contribution in [0.15, 0.2) is 73.1 Å². The number of nitrogens with one attached hydrogen (secondary N) is 4. The van der Waals surface area contributed by atoms with Crippen LogP contribution in [-0.4, -0.2) is 22.4 Å². The number of aromatic amines is 1. The maximum atomic E-state index is 11.8. The number of fused-ring (bicyclic) bond motifs is 1. The van der Waals surface area contributed by atoms with Crippen molar-refractivity contribution >= 4 is 33.9 Å². The Morgan fingerprint density at radius 1 is 1.00 bits per heavy atom. The highest BCUT2D eigenvalue weighted by molar-refractivity contribution is 5.83. The van der Waals surface area contributed by atoms with Crippen LogP contribution >= 0.6 is 0 Å². The topological polar surface area (TPSA) is 81.8 Å². The maximum absolute atomic E-state index is 11.8. The molecule has 1 saturated carbocycles. The lowest BCUT2D eigenvalue weighted by Crippen LogP contribution is -2.24. The molecule has 1 fully saturated rings.